The second-order valence-electron chi connectivity index (χ2n) is 7.17. The summed E-state index contributed by atoms with van der Waals surface area (Å²) in [5, 5.41) is 17.5. The van der Waals surface area contributed by atoms with Crippen LogP contribution >= 0.6 is 0 Å². The Kier molecular flexibility index (Phi) is 5.74. The Morgan fingerprint density at radius 2 is 1.77 bits per heavy atom. The highest BCUT2D eigenvalue weighted by atomic mass is 16.2. The second-order valence-corrected chi connectivity index (χ2v) is 7.17. The smallest absolute Gasteiger partial charge is 0.274 e. The average Bonchev–Trinajstić information content (AvgIpc) is 3.48. The van der Waals surface area contributed by atoms with E-state index >= 15 is 0 Å². The van der Waals surface area contributed by atoms with Gasteiger partial charge < -0.3 is 16.0 Å². The zero-order valence-electron chi connectivity index (χ0n) is 16.8. The topological polar surface area (TPSA) is 101 Å². The van der Waals surface area contributed by atoms with Crippen LogP contribution in [0, 0.1) is 0 Å². The van der Waals surface area contributed by atoms with Gasteiger partial charge in [-0.15, -0.1) is 5.10 Å². The van der Waals surface area contributed by atoms with Crippen LogP contribution in [-0.2, 0) is 6.54 Å². The highest BCUT2D eigenvalue weighted by Gasteiger charge is 2.27. The maximum absolute atomic E-state index is 12.7. The SMILES string of the molecule is CCNC(=O)c1ccc(-n2nnc(C(=O)NC3CC3)c2CNc2ccccc2)cc1. The van der Waals surface area contributed by atoms with E-state index in [1.165, 1.54) is 0 Å². The van der Waals surface area contributed by atoms with Crippen molar-refractivity contribution >= 4 is 17.5 Å². The minimum Gasteiger partial charge on any atom is -0.379 e. The van der Waals surface area contributed by atoms with Crippen molar-refractivity contribution < 1.29 is 9.59 Å². The van der Waals surface area contributed by atoms with Crippen molar-refractivity contribution in [1.82, 2.24) is 25.6 Å². The van der Waals surface area contributed by atoms with Gasteiger partial charge in [0.25, 0.3) is 11.8 Å². The third kappa shape index (κ3) is 4.48. The number of hydrogen-bond acceptors (Lipinski definition) is 5. The van der Waals surface area contributed by atoms with Gasteiger partial charge in [-0.2, -0.15) is 0 Å². The van der Waals surface area contributed by atoms with Gasteiger partial charge in [0.2, 0.25) is 0 Å². The number of nitrogens with one attached hydrogen (secondary N) is 3. The molecule has 1 aliphatic rings. The minimum absolute atomic E-state index is 0.127. The molecule has 4 rings (SSSR count). The predicted molar refractivity (Wildman–Crippen MR) is 114 cm³/mol. The molecule has 3 aromatic rings. The number of anilines is 1. The number of hydrogen-bond donors (Lipinski definition) is 3. The quantitative estimate of drug-likeness (QED) is 0.536. The Morgan fingerprint density at radius 1 is 1.03 bits per heavy atom. The van der Waals surface area contributed by atoms with Crippen LogP contribution in [0.3, 0.4) is 0 Å². The van der Waals surface area contributed by atoms with Gasteiger partial charge in [0, 0.05) is 23.8 Å². The number of aromatic nitrogens is 3. The Morgan fingerprint density at radius 3 is 2.43 bits per heavy atom. The molecule has 1 heterocycles. The van der Waals surface area contributed by atoms with Crippen molar-refractivity contribution in [3.63, 3.8) is 0 Å². The van der Waals surface area contributed by atoms with Crippen molar-refractivity contribution in [1.29, 1.82) is 0 Å². The number of para-hydroxylation sites is 1. The Labute approximate surface area is 174 Å². The average molecular weight is 404 g/mol. The number of benzene rings is 2. The lowest BCUT2D eigenvalue weighted by molar-refractivity contribution is 0.0940. The van der Waals surface area contributed by atoms with E-state index in [1.54, 1.807) is 28.9 Å². The van der Waals surface area contributed by atoms with Crippen LogP contribution in [-0.4, -0.2) is 39.4 Å². The Balaban J connectivity index is 1.61. The molecule has 8 heteroatoms. The van der Waals surface area contributed by atoms with Gasteiger partial charge >= 0.3 is 0 Å². The molecule has 0 saturated heterocycles. The Bertz CT molecular complexity index is 1030. The fourth-order valence-corrected chi connectivity index (χ4v) is 3.08. The number of nitrogens with zero attached hydrogens (tertiary/aromatic N) is 3. The molecule has 0 bridgehead atoms. The van der Waals surface area contributed by atoms with E-state index in [0.717, 1.165) is 24.2 Å². The summed E-state index contributed by atoms with van der Waals surface area (Å²) in [5.74, 6) is -0.342. The first-order valence-electron chi connectivity index (χ1n) is 10.1. The normalized spacial score (nSPS) is 13.0. The van der Waals surface area contributed by atoms with E-state index in [4.69, 9.17) is 0 Å². The zero-order chi connectivity index (χ0) is 20.9. The monoisotopic (exact) mass is 404 g/mol. The first-order chi connectivity index (χ1) is 14.7. The van der Waals surface area contributed by atoms with Crippen molar-refractivity contribution in [2.45, 2.75) is 32.4 Å². The standard InChI is InChI=1S/C22H24N6O2/c1-2-23-21(29)15-8-12-18(13-9-15)28-19(14-24-16-6-4-3-5-7-16)20(26-27-28)22(30)25-17-10-11-17/h3-9,12-13,17,24H,2,10-11,14H2,1H3,(H,23,29)(H,25,30). The van der Waals surface area contributed by atoms with Gasteiger partial charge in [-0.1, -0.05) is 23.4 Å². The van der Waals surface area contributed by atoms with Gasteiger partial charge in [0.15, 0.2) is 5.69 Å². The van der Waals surface area contributed by atoms with Gasteiger partial charge in [0.1, 0.15) is 0 Å². The van der Waals surface area contributed by atoms with E-state index in [2.05, 4.69) is 26.3 Å². The highest BCUT2D eigenvalue weighted by Crippen LogP contribution is 2.21. The maximum Gasteiger partial charge on any atom is 0.274 e. The lowest BCUT2D eigenvalue weighted by Crippen LogP contribution is -2.27. The van der Waals surface area contributed by atoms with Crippen molar-refractivity contribution in [3.8, 4) is 5.69 Å². The summed E-state index contributed by atoms with van der Waals surface area (Å²) in [6, 6.07) is 17.0. The molecule has 3 N–H and O–H groups in total. The van der Waals surface area contributed by atoms with Gasteiger partial charge in [-0.3, -0.25) is 9.59 Å². The first-order valence-corrected chi connectivity index (χ1v) is 10.1. The van der Waals surface area contributed by atoms with E-state index < -0.39 is 0 Å². The summed E-state index contributed by atoms with van der Waals surface area (Å²) >= 11 is 0. The summed E-state index contributed by atoms with van der Waals surface area (Å²) < 4.78 is 1.64. The van der Waals surface area contributed by atoms with Crippen LogP contribution in [0.2, 0.25) is 0 Å². The summed E-state index contributed by atoms with van der Waals surface area (Å²) in [4.78, 5) is 24.7. The molecule has 30 heavy (non-hydrogen) atoms. The molecule has 0 unspecified atom stereocenters. The van der Waals surface area contributed by atoms with Crippen LogP contribution in [0.5, 0.6) is 0 Å². The minimum atomic E-state index is -0.215. The van der Waals surface area contributed by atoms with Crippen molar-refractivity contribution in [2.24, 2.45) is 0 Å². The molecular formula is C22H24N6O2. The number of carbonyl (C=O) groups is 2. The van der Waals surface area contributed by atoms with Crippen molar-refractivity contribution in [2.75, 3.05) is 11.9 Å². The van der Waals surface area contributed by atoms with Crippen LogP contribution < -0.4 is 16.0 Å². The lowest BCUT2D eigenvalue weighted by atomic mass is 10.2. The fraction of sp³-hybridized carbons (Fsp3) is 0.273. The third-order valence-electron chi connectivity index (χ3n) is 4.84. The zero-order valence-corrected chi connectivity index (χ0v) is 16.8. The largest absolute Gasteiger partial charge is 0.379 e. The first kappa shape index (κ1) is 19.6. The molecule has 0 radical (unpaired) electrons. The molecule has 1 aliphatic carbocycles. The summed E-state index contributed by atoms with van der Waals surface area (Å²) in [6.45, 7) is 2.82. The molecule has 0 spiro atoms. The fourth-order valence-electron chi connectivity index (χ4n) is 3.08. The van der Waals surface area contributed by atoms with E-state index in [0.29, 0.717) is 30.0 Å². The Hall–Kier alpha value is -3.68. The molecule has 1 fully saturated rings. The van der Waals surface area contributed by atoms with E-state index in [-0.39, 0.29) is 17.9 Å². The van der Waals surface area contributed by atoms with E-state index in [1.807, 2.05) is 37.3 Å². The molecule has 1 saturated carbocycles. The molecular weight excluding hydrogens is 380 g/mol. The molecule has 1 aromatic heterocycles. The van der Waals surface area contributed by atoms with Crippen LogP contribution in [0.15, 0.2) is 54.6 Å². The molecule has 8 nitrogen and oxygen atoms in total. The van der Waals surface area contributed by atoms with Gasteiger partial charge in [0.05, 0.1) is 17.9 Å². The second kappa shape index (κ2) is 8.77. The number of carbonyl (C=O) groups excluding carboxylic acids is 2. The summed E-state index contributed by atoms with van der Waals surface area (Å²) in [6.07, 6.45) is 2.00. The molecule has 0 aliphatic heterocycles. The number of amides is 2. The highest BCUT2D eigenvalue weighted by molar-refractivity contribution is 5.95. The summed E-state index contributed by atoms with van der Waals surface area (Å²) in [5.41, 5.74) is 3.19. The van der Waals surface area contributed by atoms with Crippen molar-refractivity contribution in [3.05, 3.63) is 71.5 Å². The van der Waals surface area contributed by atoms with Crippen LogP contribution in [0.1, 0.15) is 46.3 Å². The van der Waals surface area contributed by atoms with Gasteiger partial charge in [-0.25, -0.2) is 4.68 Å². The molecule has 0 atom stereocenters. The van der Waals surface area contributed by atoms with Crippen LogP contribution in [0.4, 0.5) is 5.69 Å². The molecule has 154 valence electrons. The van der Waals surface area contributed by atoms with E-state index in [9.17, 15) is 9.59 Å². The third-order valence-corrected chi connectivity index (χ3v) is 4.84. The predicted octanol–water partition coefficient (Wildman–Crippen LogP) is 2.52. The molecule has 2 aromatic carbocycles. The van der Waals surface area contributed by atoms with Crippen LogP contribution in [0.25, 0.3) is 5.69 Å². The summed E-state index contributed by atoms with van der Waals surface area (Å²) in [7, 11) is 0. The van der Waals surface area contributed by atoms with Gasteiger partial charge in [-0.05, 0) is 56.2 Å². The molecule has 2 amide bonds. The lowest BCUT2D eigenvalue weighted by Gasteiger charge is -2.11. The number of rotatable bonds is 8. The maximum atomic E-state index is 12.7.